The number of anilines is 1. The van der Waals surface area contributed by atoms with Gasteiger partial charge in [0.05, 0.1) is 24.9 Å². The second-order valence-corrected chi connectivity index (χ2v) is 5.71. The predicted molar refractivity (Wildman–Crippen MR) is 76.6 cm³/mol. The molecule has 0 bridgehead atoms. The van der Waals surface area contributed by atoms with Crippen LogP contribution in [0.5, 0.6) is 0 Å². The summed E-state index contributed by atoms with van der Waals surface area (Å²) in [6.45, 7) is 1.57. The lowest BCUT2D eigenvalue weighted by Crippen LogP contribution is -2.38. The van der Waals surface area contributed by atoms with Crippen LogP contribution in [-0.4, -0.2) is 56.9 Å². The first-order chi connectivity index (χ1) is 10.1. The lowest BCUT2D eigenvalue weighted by atomic mass is 10.1. The summed E-state index contributed by atoms with van der Waals surface area (Å²) in [7, 11) is 0. The van der Waals surface area contributed by atoms with E-state index < -0.39 is 6.09 Å². The van der Waals surface area contributed by atoms with Gasteiger partial charge in [-0.1, -0.05) is 0 Å². The summed E-state index contributed by atoms with van der Waals surface area (Å²) in [4.78, 5) is 23.0. The van der Waals surface area contributed by atoms with Crippen LogP contribution >= 0.6 is 11.6 Å². The van der Waals surface area contributed by atoms with Crippen LogP contribution in [0.15, 0.2) is 0 Å². The molecule has 0 spiro atoms. The van der Waals surface area contributed by atoms with Gasteiger partial charge in [0.25, 0.3) is 0 Å². The van der Waals surface area contributed by atoms with E-state index in [1.54, 1.807) is 0 Å². The molecule has 7 nitrogen and oxygen atoms in total. The maximum absolute atomic E-state index is 11.1. The average molecular weight is 313 g/mol. The van der Waals surface area contributed by atoms with Crippen molar-refractivity contribution in [2.75, 3.05) is 24.6 Å². The van der Waals surface area contributed by atoms with Crippen LogP contribution in [0.1, 0.15) is 24.1 Å². The highest BCUT2D eigenvalue weighted by molar-refractivity contribution is 6.28. The maximum atomic E-state index is 11.1. The van der Waals surface area contributed by atoms with Crippen LogP contribution in [0.4, 0.5) is 10.6 Å². The molecular weight excluding hydrogens is 296 g/mol. The zero-order valence-corrected chi connectivity index (χ0v) is 12.3. The molecule has 2 aliphatic rings. The normalized spacial score (nSPS) is 21.5. The first-order valence-corrected chi connectivity index (χ1v) is 7.38. The third-order valence-electron chi connectivity index (χ3n) is 4.15. The Morgan fingerprint density at radius 2 is 2.19 bits per heavy atom. The number of halogens is 1. The van der Waals surface area contributed by atoms with Crippen LogP contribution in [0.2, 0.25) is 5.28 Å². The summed E-state index contributed by atoms with van der Waals surface area (Å²) in [5.41, 5.74) is 1.62. The van der Waals surface area contributed by atoms with Crippen molar-refractivity contribution in [3.63, 3.8) is 0 Å². The summed E-state index contributed by atoms with van der Waals surface area (Å²) in [5.74, 6) is 0.756. The van der Waals surface area contributed by atoms with Crippen LogP contribution in [0, 0.1) is 0 Å². The fourth-order valence-electron chi connectivity index (χ4n) is 3.09. The Morgan fingerprint density at radius 1 is 1.38 bits per heavy atom. The number of aromatic nitrogens is 2. The Hall–Kier alpha value is -1.60. The van der Waals surface area contributed by atoms with Gasteiger partial charge in [-0.3, -0.25) is 0 Å². The summed E-state index contributed by atoms with van der Waals surface area (Å²) in [5, 5.41) is 18.7. The minimum absolute atomic E-state index is 0.0533. The molecule has 1 fully saturated rings. The average Bonchev–Trinajstić information content (AvgIpc) is 2.93. The Labute approximate surface area is 127 Å². The highest BCUT2D eigenvalue weighted by atomic mass is 35.5. The standard InChI is InChI=1S/C13H17ClN4O3/c14-12-15-10-6-17(13(20)21)5-3-9(10)11(16-12)18-4-1-2-8(18)7-19/h8,19H,1-7H2,(H,20,21)/t8-/m0/s1. The fourth-order valence-corrected chi connectivity index (χ4v) is 3.27. The van der Waals surface area contributed by atoms with Crippen LogP contribution in [0.25, 0.3) is 0 Å². The molecule has 8 heteroatoms. The molecule has 1 saturated heterocycles. The largest absolute Gasteiger partial charge is 0.465 e. The molecule has 3 rings (SSSR count). The van der Waals surface area contributed by atoms with E-state index in [2.05, 4.69) is 14.9 Å². The van der Waals surface area contributed by atoms with Gasteiger partial charge in [0.15, 0.2) is 0 Å². The number of fused-ring (bicyclic) bond motifs is 1. The molecule has 1 aromatic heterocycles. The number of aliphatic hydroxyl groups excluding tert-OH is 1. The topological polar surface area (TPSA) is 89.8 Å². The van der Waals surface area contributed by atoms with Gasteiger partial charge in [0.1, 0.15) is 5.82 Å². The number of hydrogen-bond acceptors (Lipinski definition) is 5. The van der Waals surface area contributed by atoms with E-state index in [9.17, 15) is 9.90 Å². The molecule has 1 aromatic rings. The lowest BCUT2D eigenvalue weighted by molar-refractivity contribution is 0.139. The zero-order chi connectivity index (χ0) is 15.0. The first kappa shape index (κ1) is 14.3. The number of rotatable bonds is 2. The fraction of sp³-hybridized carbons (Fsp3) is 0.615. The van der Waals surface area contributed by atoms with E-state index in [0.29, 0.717) is 18.7 Å². The minimum atomic E-state index is -0.952. The predicted octanol–water partition coefficient (Wildman–Crippen LogP) is 1.13. The van der Waals surface area contributed by atoms with Gasteiger partial charge >= 0.3 is 6.09 Å². The number of amides is 1. The molecule has 0 aliphatic carbocycles. The quantitative estimate of drug-likeness (QED) is 0.796. The van der Waals surface area contributed by atoms with E-state index in [-0.39, 0.29) is 24.5 Å². The van der Waals surface area contributed by atoms with Gasteiger partial charge in [0.2, 0.25) is 5.28 Å². The summed E-state index contributed by atoms with van der Waals surface area (Å²) in [6, 6.07) is 0.0533. The number of nitrogens with zero attached hydrogens (tertiary/aromatic N) is 4. The summed E-state index contributed by atoms with van der Waals surface area (Å²) in [6.07, 6.45) is 1.55. The van der Waals surface area contributed by atoms with Gasteiger partial charge in [-0.2, -0.15) is 0 Å². The molecule has 2 aliphatic heterocycles. The SMILES string of the molecule is O=C(O)N1CCc2c(nc(Cl)nc2N2CCC[C@H]2CO)C1. The number of aliphatic hydroxyl groups is 1. The van der Waals surface area contributed by atoms with Gasteiger partial charge in [-0.15, -0.1) is 0 Å². The maximum Gasteiger partial charge on any atom is 0.407 e. The van der Waals surface area contributed by atoms with E-state index in [4.69, 9.17) is 16.7 Å². The third kappa shape index (κ3) is 2.63. The molecule has 0 unspecified atom stereocenters. The minimum Gasteiger partial charge on any atom is -0.465 e. The van der Waals surface area contributed by atoms with E-state index in [1.807, 2.05) is 0 Å². The smallest absolute Gasteiger partial charge is 0.407 e. The molecule has 3 heterocycles. The van der Waals surface area contributed by atoms with Crippen LogP contribution in [-0.2, 0) is 13.0 Å². The Bertz CT molecular complexity index is 569. The summed E-state index contributed by atoms with van der Waals surface area (Å²) < 4.78 is 0. The van der Waals surface area contributed by atoms with Gasteiger partial charge in [0, 0.05) is 18.7 Å². The molecule has 0 radical (unpaired) electrons. The Morgan fingerprint density at radius 3 is 2.90 bits per heavy atom. The number of hydrogen-bond donors (Lipinski definition) is 2. The van der Waals surface area contributed by atoms with Crippen molar-refractivity contribution in [1.82, 2.24) is 14.9 Å². The second kappa shape index (κ2) is 5.65. The van der Waals surface area contributed by atoms with E-state index >= 15 is 0 Å². The monoisotopic (exact) mass is 312 g/mol. The van der Waals surface area contributed by atoms with Crippen molar-refractivity contribution >= 4 is 23.5 Å². The zero-order valence-electron chi connectivity index (χ0n) is 11.5. The van der Waals surface area contributed by atoms with Crippen molar-refractivity contribution < 1.29 is 15.0 Å². The number of carboxylic acid groups (broad SMARTS) is 1. The van der Waals surface area contributed by atoms with Crippen molar-refractivity contribution in [2.45, 2.75) is 31.8 Å². The van der Waals surface area contributed by atoms with Gasteiger partial charge in [-0.05, 0) is 30.9 Å². The molecule has 0 saturated carbocycles. The molecule has 1 amide bonds. The molecule has 1 atom stereocenters. The molecule has 2 N–H and O–H groups in total. The van der Waals surface area contributed by atoms with Gasteiger partial charge in [-0.25, -0.2) is 14.8 Å². The highest BCUT2D eigenvalue weighted by Crippen LogP contribution is 2.32. The molecule has 114 valence electrons. The highest BCUT2D eigenvalue weighted by Gasteiger charge is 2.31. The first-order valence-electron chi connectivity index (χ1n) is 7.01. The summed E-state index contributed by atoms with van der Waals surface area (Å²) >= 11 is 6.00. The van der Waals surface area contributed by atoms with E-state index in [0.717, 1.165) is 30.8 Å². The Balaban J connectivity index is 1.97. The van der Waals surface area contributed by atoms with Crippen LogP contribution < -0.4 is 4.90 Å². The van der Waals surface area contributed by atoms with E-state index in [1.165, 1.54) is 4.90 Å². The molecular formula is C13H17ClN4O3. The molecule has 0 aromatic carbocycles. The van der Waals surface area contributed by atoms with Gasteiger partial charge < -0.3 is 20.0 Å². The lowest BCUT2D eigenvalue weighted by Gasteiger charge is -2.31. The van der Waals surface area contributed by atoms with Crippen molar-refractivity contribution in [1.29, 1.82) is 0 Å². The Kier molecular flexibility index (Phi) is 3.86. The van der Waals surface area contributed by atoms with Crippen molar-refractivity contribution in [3.8, 4) is 0 Å². The van der Waals surface area contributed by atoms with Crippen molar-refractivity contribution in [2.24, 2.45) is 0 Å². The van der Waals surface area contributed by atoms with Crippen molar-refractivity contribution in [3.05, 3.63) is 16.5 Å². The second-order valence-electron chi connectivity index (χ2n) is 5.37. The molecule has 21 heavy (non-hydrogen) atoms. The van der Waals surface area contributed by atoms with Crippen LogP contribution in [0.3, 0.4) is 0 Å². The third-order valence-corrected chi connectivity index (χ3v) is 4.32. The number of carbonyl (C=O) groups is 1.